The molecule has 0 rings (SSSR count). The Labute approximate surface area is 81.5 Å². The van der Waals surface area contributed by atoms with Gasteiger partial charge in [-0.1, -0.05) is 0 Å². The van der Waals surface area contributed by atoms with Crippen molar-refractivity contribution in [2.75, 3.05) is 13.7 Å². The van der Waals surface area contributed by atoms with Crippen molar-refractivity contribution >= 4 is 26.7 Å². The first kappa shape index (κ1) is 10.0. The molecule has 0 bridgehead atoms. The minimum atomic E-state index is -0.152. The molecule has 0 aromatic rings. The molecule has 0 aliphatic rings. The Bertz CT molecular complexity index is 98.6. The summed E-state index contributed by atoms with van der Waals surface area (Å²) in [5.41, 5.74) is 0. The number of carbonyl (C=O) groups is 1. The lowest BCUT2D eigenvalue weighted by Gasteiger charge is -2.02. The molecule has 5 heteroatoms. The molecule has 0 saturated heterocycles. The maximum absolute atomic E-state index is 10.6. The molecule has 9 heavy (non-hydrogen) atoms. The Balaban J connectivity index is 3.54. The molecule has 1 atom stereocenters. The number of rotatable bonds is 4. The summed E-state index contributed by atoms with van der Waals surface area (Å²) in [7, 11) is 1.57. The molecule has 0 radical (unpaired) electrons. The second-order valence-electron chi connectivity index (χ2n) is 1.44. The zero-order valence-corrected chi connectivity index (χ0v) is 9.38. The molecule has 1 unspecified atom stereocenters. The predicted octanol–water partition coefficient (Wildman–Crippen LogP) is -3.25. The van der Waals surface area contributed by atoms with Crippen LogP contribution in [0.3, 0.4) is 0 Å². The smallest absolute Gasteiger partial charge is 0.380 e. The van der Waals surface area contributed by atoms with E-state index in [1.807, 2.05) is 22.9 Å². The highest BCUT2D eigenvalue weighted by atomic mass is 127. The average molecular weight is 356 g/mol. The van der Waals surface area contributed by atoms with Gasteiger partial charge in [-0.3, -0.25) is 0 Å². The molecule has 0 spiro atoms. The highest BCUT2D eigenvalue weighted by Gasteiger charge is 2.20. The van der Waals surface area contributed by atoms with E-state index in [4.69, 9.17) is 4.74 Å². The average Bonchev–Trinajstić information content (AvgIpc) is 1.82. The number of hydrogen-bond donors (Lipinski definition) is 1. The van der Waals surface area contributed by atoms with Crippen LogP contribution in [0.1, 0.15) is 0 Å². The van der Waals surface area contributed by atoms with E-state index < -0.39 is 0 Å². The van der Waals surface area contributed by atoms with Crippen LogP contribution in [0.4, 0.5) is 0 Å². The second kappa shape index (κ2) is 5.81. The van der Waals surface area contributed by atoms with Crippen molar-refractivity contribution in [3.8, 4) is 0 Å². The van der Waals surface area contributed by atoms with Gasteiger partial charge in [0.2, 0.25) is 0 Å². The SMILES string of the molecule is COCC(NI)C(=O)[IH+]. The van der Waals surface area contributed by atoms with Gasteiger partial charge in [0.15, 0.2) is 0 Å². The topological polar surface area (TPSA) is 38.3 Å². The van der Waals surface area contributed by atoms with Crippen molar-refractivity contribution in [1.82, 2.24) is 3.53 Å². The summed E-state index contributed by atoms with van der Waals surface area (Å²) in [6, 6.07) is -0.152. The fraction of sp³-hybridized carbons (Fsp3) is 0.750. The molecular formula is C4H8I2NO2+. The molecule has 0 aliphatic heterocycles. The van der Waals surface area contributed by atoms with Crippen LogP contribution in [0.5, 0.6) is 0 Å². The van der Waals surface area contributed by atoms with Crippen molar-refractivity contribution in [3.05, 3.63) is 0 Å². The molecule has 0 aliphatic carbocycles. The number of halogens is 2. The lowest BCUT2D eigenvalue weighted by molar-refractivity contribution is -0.308. The maximum atomic E-state index is 10.6. The Morgan fingerprint density at radius 2 is 2.56 bits per heavy atom. The molecule has 0 fully saturated rings. The Kier molecular flexibility index (Phi) is 6.48. The fourth-order valence-electron chi connectivity index (χ4n) is 0.311. The summed E-state index contributed by atoms with van der Waals surface area (Å²) in [5.74, 6) is 0. The van der Waals surface area contributed by atoms with Crippen LogP contribution in [-0.2, 0) is 9.53 Å². The molecular weight excluding hydrogens is 348 g/mol. The first-order valence-electron chi connectivity index (χ1n) is 2.28. The minimum absolute atomic E-state index is 0.113. The summed E-state index contributed by atoms with van der Waals surface area (Å²) in [6.45, 7) is 0.445. The first-order chi connectivity index (χ1) is 4.22. The van der Waals surface area contributed by atoms with Gasteiger partial charge in [0.1, 0.15) is 6.04 Å². The quantitative estimate of drug-likeness (QED) is 0.327. The van der Waals surface area contributed by atoms with E-state index in [-0.39, 0.29) is 9.83 Å². The maximum Gasteiger partial charge on any atom is 0.380 e. The summed E-state index contributed by atoms with van der Waals surface area (Å²) < 4.78 is 7.68. The third kappa shape index (κ3) is 4.45. The predicted molar refractivity (Wildman–Crippen MR) is 39.2 cm³/mol. The van der Waals surface area contributed by atoms with Gasteiger partial charge in [0.25, 0.3) is 0 Å². The van der Waals surface area contributed by atoms with Gasteiger partial charge in [-0.15, -0.1) is 0 Å². The zero-order chi connectivity index (χ0) is 7.28. The van der Waals surface area contributed by atoms with Gasteiger partial charge in [0.05, 0.1) is 6.61 Å². The van der Waals surface area contributed by atoms with E-state index >= 15 is 0 Å². The number of nitrogens with one attached hydrogen (secondary N) is 1. The number of carbonyl (C=O) groups excluding carboxylic acids is 1. The van der Waals surface area contributed by atoms with Crippen LogP contribution < -0.4 is 26.1 Å². The number of ether oxygens (including phenoxy) is 1. The van der Waals surface area contributed by atoms with E-state index in [1.54, 1.807) is 7.11 Å². The van der Waals surface area contributed by atoms with Crippen LogP contribution in [-0.4, -0.2) is 23.5 Å². The Hall–Kier alpha value is 1.05. The molecule has 0 aromatic carbocycles. The molecule has 3 nitrogen and oxygen atoms in total. The van der Waals surface area contributed by atoms with E-state index in [2.05, 4.69) is 3.53 Å². The van der Waals surface area contributed by atoms with Gasteiger partial charge < -0.3 is 4.74 Å². The van der Waals surface area contributed by atoms with Crippen molar-refractivity contribution in [2.24, 2.45) is 0 Å². The fourth-order valence-corrected chi connectivity index (χ4v) is 1.79. The summed E-state index contributed by atoms with van der Waals surface area (Å²) in [5, 5.41) is 0. The van der Waals surface area contributed by atoms with Crippen molar-refractivity contribution in [3.63, 3.8) is 0 Å². The first-order valence-corrected chi connectivity index (χ1v) is 4.52. The normalized spacial score (nSPS) is 13.2. The highest BCUT2D eigenvalue weighted by Crippen LogP contribution is 1.84. The zero-order valence-electron chi connectivity index (χ0n) is 4.89. The van der Waals surface area contributed by atoms with Crippen LogP contribution >= 0.6 is 22.9 Å². The van der Waals surface area contributed by atoms with Gasteiger partial charge in [-0.2, -0.15) is 0 Å². The molecule has 0 aromatic heterocycles. The second-order valence-corrected chi connectivity index (χ2v) is 3.21. The summed E-state index contributed by atoms with van der Waals surface area (Å²) in [4.78, 5) is 10.6. The summed E-state index contributed by atoms with van der Waals surface area (Å²) in [6.07, 6.45) is 0. The van der Waals surface area contributed by atoms with Gasteiger partial charge in [-0.05, 0) is 0 Å². The lowest BCUT2D eigenvalue weighted by Crippen LogP contribution is -3.39. The van der Waals surface area contributed by atoms with E-state index in [0.717, 1.165) is 0 Å². The van der Waals surface area contributed by atoms with Gasteiger partial charge in [0, 0.05) is 30.0 Å². The molecule has 0 saturated carbocycles. The van der Waals surface area contributed by atoms with Crippen molar-refractivity contribution in [2.45, 2.75) is 6.04 Å². The van der Waals surface area contributed by atoms with Crippen LogP contribution in [0, 0.1) is 0 Å². The van der Waals surface area contributed by atoms with E-state index in [0.29, 0.717) is 6.61 Å². The van der Waals surface area contributed by atoms with Crippen LogP contribution in [0.2, 0.25) is 0 Å². The largest absolute Gasteiger partial charge is 0.382 e. The Morgan fingerprint density at radius 3 is 2.67 bits per heavy atom. The molecule has 0 amide bonds. The minimum Gasteiger partial charge on any atom is -0.382 e. The highest BCUT2D eigenvalue weighted by molar-refractivity contribution is 14.1. The standard InChI is InChI=1S/C4H8I2NO2/c1-9-2-3(7-6)4(5)8/h3,5,7H,2H2,1H3/q+1. The lowest BCUT2D eigenvalue weighted by atomic mass is 10.4. The monoisotopic (exact) mass is 356 g/mol. The molecule has 1 N–H and O–H groups in total. The molecule has 54 valence electrons. The number of methoxy groups -OCH3 is 1. The van der Waals surface area contributed by atoms with Crippen molar-refractivity contribution in [1.29, 1.82) is 0 Å². The van der Waals surface area contributed by atoms with Crippen LogP contribution in [0.15, 0.2) is 0 Å². The third-order valence-electron chi connectivity index (χ3n) is 0.750. The van der Waals surface area contributed by atoms with Crippen molar-refractivity contribution < 1.29 is 32.1 Å². The van der Waals surface area contributed by atoms with Gasteiger partial charge in [-0.25, -0.2) is 8.32 Å². The van der Waals surface area contributed by atoms with Crippen LogP contribution in [0.25, 0.3) is 0 Å². The number of hydrogen-bond acceptors (Lipinski definition) is 3. The van der Waals surface area contributed by atoms with E-state index in [1.165, 1.54) is 22.6 Å². The van der Waals surface area contributed by atoms with E-state index in [9.17, 15) is 4.79 Å². The van der Waals surface area contributed by atoms with Gasteiger partial charge >= 0.3 is 26.4 Å². The molecule has 0 heterocycles. The Morgan fingerprint density at radius 1 is 2.00 bits per heavy atom. The summed E-state index contributed by atoms with van der Waals surface area (Å²) >= 11 is 3.41. The third-order valence-corrected chi connectivity index (χ3v) is 2.31.